The first-order valence-electron chi connectivity index (χ1n) is 6.00. The summed E-state index contributed by atoms with van der Waals surface area (Å²) >= 11 is 0. The molecule has 2 heteroatoms. The van der Waals surface area contributed by atoms with E-state index in [-0.39, 0.29) is 5.41 Å². The lowest BCUT2D eigenvalue weighted by Crippen LogP contribution is -2.33. The molecule has 1 aliphatic heterocycles. The molecule has 0 bridgehead atoms. The fraction of sp³-hybridized carbons (Fsp3) is 0.769. The maximum Gasteiger partial charge on any atom is 0.228 e. The minimum atomic E-state index is -0.0207. The van der Waals surface area contributed by atoms with E-state index in [0.717, 1.165) is 32.2 Å². The molecular formula is C13H21NO. The molecule has 0 N–H and O–H groups in total. The molecule has 2 nitrogen and oxygen atoms in total. The van der Waals surface area contributed by atoms with Crippen molar-refractivity contribution in [3.8, 4) is 0 Å². The minimum Gasteiger partial charge on any atom is -0.345 e. The number of likely N-dealkylation sites (tertiary alicyclic amines) is 1. The standard InChI is InChI=1S/C13H21NO/c1-10(2)11-4-6-13(7-5-11)8-9-14(3)12(13)15/h4,10H,5-9H2,1-3H3/t13-/m1/s1. The lowest BCUT2D eigenvalue weighted by Gasteiger charge is -2.31. The first-order valence-corrected chi connectivity index (χ1v) is 6.00. The largest absolute Gasteiger partial charge is 0.345 e. The van der Waals surface area contributed by atoms with E-state index in [2.05, 4.69) is 19.9 Å². The summed E-state index contributed by atoms with van der Waals surface area (Å²) in [6.45, 7) is 5.43. The lowest BCUT2D eigenvalue weighted by molar-refractivity contribution is -0.135. The van der Waals surface area contributed by atoms with Crippen molar-refractivity contribution >= 4 is 5.91 Å². The van der Waals surface area contributed by atoms with Crippen LogP contribution in [-0.4, -0.2) is 24.4 Å². The average Bonchev–Trinajstić information content (AvgIpc) is 2.48. The molecule has 0 radical (unpaired) electrons. The van der Waals surface area contributed by atoms with E-state index in [1.807, 2.05) is 11.9 Å². The molecular weight excluding hydrogens is 186 g/mol. The summed E-state index contributed by atoms with van der Waals surface area (Å²) in [7, 11) is 1.93. The number of hydrogen-bond donors (Lipinski definition) is 0. The summed E-state index contributed by atoms with van der Waals surface area (Å²) in [5.41, 5.74) is 1.52. The molecule has 0 aromatic carbocycles. The second kappa shape index (κ2) is 3.66. The quantitative estimate of drug-likeness (QED) is 0.605. The molecule has 1 heterocycles. The monoisotopic (exact) mass is 207 g/mol. The van der Waals surface area contributed by atoms with Crippen molar-refractivity contribution < 1.29 is 4.79 Å². The number of nitrogens with zero attached hydrogens (tertiary/aromatic N) is 1. The zero-order chi connectivity index (χ0) is 11.1. The van der Waals surface area contributed by atoms with Gasteiger partial charge in [-0.3, -0.25) is 4.79 Å². The normalized spacial score (nSPS) is 31.6. The Bertz CT molecular complexity index is 306. The van der Waals surface area contributed by atoms with Crippen LogP contribution in [0.3, 0.4) is 0 Å². The Hall–Kier alpha value is -0.790. The number of carbonyl (C=O) groups excluding carboxylic acids is 1. The maximum atomic E-state index is 12.1. The van der Waals surface area contributed by atoms with Gasteiger partial charge in [-0.25, -0.2) is 0 Å². The summed E-state index contributed by atoms with van der Waals surface area (Å²) < 4.78 is 0. The second-order valence-electron chi connectivity index (χ2n) is 5.39. The van der Waals surface area contributed by atoms with Crippen LogP contribution < -0.4 is 0 Å². The van der Waals surface area contributed by atoms with Crippen LogP contribution in [0, 0.1) is 11.3 Å². The van der Waals surface area contributed by atoms with E-state index in [1.54, 1.807) is 5.57 Å². The third-order valence-corrected chi connectivity index (χ3v) is 4.11. The number of hydrogen-bond acceptors (Lipinski definition) is 1. The van der Waals surface area contributed by atoms with Crippen molar-refractivity contribution in [3.05, 3.63) is 11.6 Å². The van der Waals surface area contributed by atoms with Gasteiger partial charge >= 0.3 is 0 Å². The predicted molar refractivity (Wildman–Crippen MR) is 61.5 cm³/mol. The van der Waals surface area contributed by atoms with E-state index in [4.69, 9.17) is 0 Å². The third-order valence-electron chi connectivity index (χ3n) is 4.11. The van der Waals surface area contributed by atoms with Crippen LogP contribution in [0.15, 0.2) is 11.6 Å². The zero-order valence-electron chi connectivity index (χ0n) is 10.0. The highest BCUT2D eigenvalue weighted by Gasteiger charge is 2.45. The number of rotatable bonds is 1. The summed E-state index contributed by atoms with van der Waals surface area (Å²) in [4.78, 5) is 14.0. The smallest absolute Gasteiger partial charge is 0.228 e. The molecule has 0 aromatic rings. The van der Waals surface area contributed by atoms with Crippen LogP contribution >= 0.6 is 0 Å². The Labute approximate surface area is 92.3 Å². The topological polar surface area (TPSA) is 20.3 Å². The molecule has 84 valence electrons. The average molecular weight is 207 g/mol. The van der Waals surface area contributed by atoms with E-state index in [0.29, 0.717) is 11.8 Å². The van der Waals surface area contributed by atoms with E-state index in [1.165, 1.54) is 0 Å². The van der Waals surface area contributed by atoms with Gasteiger partial charge in [-0.1, -0.05) is 25.5 Å². The molecule has 2 aliphatic rings. The Morgan fingerprint density at radius 1 is 1.40 bits per heavy atom. The summed E-state index contributed by atoms with van der Waals surface area (Å²) in [6.07, 6.45) is 6.55. The molecule has 1 fully saturated rings. The summed E-state index contributed by atoms with van der Waals surface area (Å²) in [5, 5.41) is 0. The fourth-order valence-electron chi connectivity index (χ4n) is 2.85. The maximum absolute atomic E-state index is 12.1. The molecule has 0 unspecified atom stereocenters. The van der Waals surface area contributed by atoms with Crippen molar-refractivity contribution in [1.29, 1.82) is 0 Å². The predicted octanol–water partition coefficient (Wildman–Crippen LogP) is 2.60. The highest BCUT2D eigenvalue weighted by atomic mass is 16.2. The van der Waals surface area contributed by atoms with Crippen LogP contribution in [0.4, 0.5) is 0 Å². The van der Waals surface area contributed by atoms with E-state index in [9.17, 15) is 4.79 Å². The molecule has 1 spiro atoms. The summed E-state index contributed by atoms with van der Waals surface area (Å²) in [6, 6.07) is 0. The van der Waals surface area contributed by atoms with Gasteiger partial charge in [0.05, 0.1) is 5.41 Å². The highest BCUT2D eigenvalue weighted by Crippen LogP contribution is 2.44. The first-order chi connectivity index (χ1) is 7.05. The Balaban J connectivity index is 2.13. The molecule has 1 atom stereocenters. The van der Waals surface area contributed by atoms with Crippen LogP contribution in [0.2, 0.25) is 0 Å². The third kappa shape index (κ3) is 1.70. The van der Waals surface area contributed by atoms with Crippen LogP contribution in [0.1, 0.15) is 39.5 Å². The molecule has 2 rings (SSSR count). The SMILES string of the molecule is CC(C)C1=CC[C@@]2(CC1)CCN(C)C2=O. The molecule has 15 heavy (non-hydrogen) atoms. The Kier molecular flexibility index (Phi) is 2.61. The fourth-order valence-corrected chi connectivity index (χ4v) is 2.85. The van der Waals surface area contributed by atoms with Crippen molar-refractivity contribution in [1.82, 2.24) is 4.90 Å². The molecule has 1 saturated heterocycles. The van der Waals surface area contributed by atoms with Gasteiger partial charge in [0, 0.05) is 13.6 Å². The number of allylic oxidation sites excluding steroid dienone is 2. The second-order valence-corrected chi connectivity index (χ2v) is 5.39. The van der Waals surface area contributed by atoms with Crippen molar-refractivity contribution in [2.75, 3.05) is 13.6 Å². The first kappa shape index (κ1) is 10.7. The molecule has 0 aromatic heterocycles. The van der Waals surface area contributed by atoms with Gasteiger partial charge in [0.15, 0.2) is 0 Å². The summed E-state index contributed by atoms with van der Waals surface area (Å²) in [5.74, 6) is 1.03. The van der Waals surface area contributed by atoms with Crippen LogP contribution in [-0.2, 0) is 4.79 Å². The van der Waals surface area contributed by atoms with Crippen molar-refractivity contribution in [3.63, 3.8) is 0 Å². The van der Waals surface area contributed by atoms with Gasteiger partial charge in [-0.05, 0) is 31.6 Å². The number of carbonyl (C=O) groups is 1. The van der Waals surface area contributed by atoms with Gasteiger partial charge in [0.2, 0.25) is 5.91 Å². The van der Waals surface area contributed by atoms with Gasteiger partial charge in [0.1, 0.15) is 0 Å². The van der Waals surface area contributed by atoms with Crippen LogP contribution in [0.25, 0.3) is 0 Å². The van der Waals surface area contributed by atoms with Gasteiger partial charge in [-0.15, -0.1) is 0 Å². The van der Waals surface area contributed by atoms with Gasteiger partial charge < -0.3 is 4.90 Å². The molecule has 0 saturated carbocycles. The van der Waals surface area contributed by atoms with Crippen molar-refractivity contribution in [2.24, 2.45) is 11.3 Å². The van der Waals surface area contributed by atoms with Crippen LogP contribution in [0.5, 0.6) is 0 Å². The Morgan fingerprint density at radius 2 is 2.13 bits per heavy atom. The van der Waals surface area contributed by atoms with Crippen molar-refractivity contribution in [2.45, 2.75) is 39.5 Å². The molecule has 1 aliphatic carbocycles. The van der Waals surface area contributed by atoms with Gasteiger partial charge in [-0.2, -0.15) is 0 Å². The number of amides is 1. The van der Waals surface area contributed by atoms with E-state index >= 15 is 0 Å². The zero-order valence-corrected chi connectivity index (χ0v) is 10.0. The van der Waals surface area contributed by atoms with Gasteiger partial charge in [0.25, 0.3) is 0 Å². The lowest BCUT2D eigenvalue weighted by atomic mass is 9.72. The minimum absolute atomic E-state index is 0.0207. The highest BCUT2D eigenvalue weighted by molar-refractivity contribution is 5.85. The van der Waals surface area contributed by atoms with E-state index < -0.39 is 0 Å². The molecule has 1 amide bonds. The Morgan fingerprint density at radius 3 is 2.53 bits per heavy atom.